The molecule has 1 aromatic rings. The van der Waals surface area contributed by atoms with Crippen LogP contribution < -0.4 is 0 Å². The van der Waals surface area contributed by atoms with Crippen molar-refractivity contribution in [1.29, 1.82) is 0 Å². The summed E-state index contributed by atoms with van der Waals surface area (Å²) in [6, 6.07) is 4.02. The molecule has 1 fully saturated rings. The summed E-state index contributed by atoms with van der Waals surface area (Å²) in [5.41, 5.74) is 0.642. The van der Waals surface area contributed by atoms with Crippen molar-refractivity contribution in [2.45, 2.75) is 201 Å². The molecule has 286 valence electrons. The third-order valence-corrected chi connectivity index (χ3v) is 10.8. The minimum Gasteiger partial charge on any atom is -0.507 e. The first-order valence-corrected chi connectivity index (χ1v) is 19.0. The lowest BCUT2D eigenvalue weighted by Gasteiger charge is -2.53. The number of rotatable bonds is 13. The fourth-order valence-electron chi connectivity index (χ4n) is 7.69. The van der Waals surface area contributed by atoms with E-state index in [1.54, 1.807) is 0 Å². The second kappa shape index (κ2) is 15.7. The molecule has 0 aliphatic carbocycles. The van der Waals surface area contributed by atoms with Gasteiger partial charge in [0.2, 0.25) is 0 Å². The molecule has 1 heterocycles. The molecule has 0 bridgehead atoms. The average molecular weight is 699 g/mol. The first kappa shape index (κ1) is 43.8. The van der Waals surface area contributed by atoms with Crippen molar-refractivity contribution in [3.63, 3.8) is 0 Å². The van der Waals surface area contributed by atoms with Gasteiger partial charge in [-0.25, -0.2) is 0 Å². The zero-order chi connectivity index (χ0) is 38.8. The van der Waals surface area contributed by atoms with E-state index in [0.717, 1.165) is 29.5 Å². The van der Waals surface area contributed by atoms with Crippen LogP contribution in [0.1, 0.15) is 178 Å². The number of nitrogens with zero attached hydrogens (tertiary/aromatic N) is 2. The Kier molecular flexibility index (Phi) is 13.7. The SMILES string of the molecule is C=NC(C)(C)CC(CC(C)(C)C)OC(=O)C(C(=O)OC1CC(C)(C)N(C)C(C)(C)C1)C(CCCC)c1cc(C(C)(C)C)c(O)c(C(C)(C)C)c1. The van der Waals surface area contributed by atoms with E-state index in [1.165, 1.54) is 0 Å². The van der Waals surface area contributed by atoms with Gasteiger partial charge in [0.1, 0.15) is 18.0 Å². The van der Waals surface area contributed by atoms with Crippen LogP contribution in [0.25, 0.3) is 0 Å². The van der Waals surface area contributed by atoms with Crippen molar-refractivity contribution < 1.29 is 24.2 Å². The van der Waals surface area contributed by atoms with Crippen molar-refractivity contribution in [1.82, 2.24) is 4.90 Å². The van der Waals surface area contributed by atoms with Gasteiger partial charge in [-0.1, -0.05) is 94.2 Å². The van der Waals surface area contributed by atoms with Crippen LogP contribution in [0.2, 0.25) is 0 Å². The number of phenolic OH excluding ortho intramolecular Hbond substituents is 1. The Morgan fingerprint density at radius 1 is 0.900 bits per heavy atom. The molecule has 0 radical (unpaired) electrons. The largest absolute Gasteiger partial charge is 0.507 e. The predicted octanol–water partition coefficient (Wildman–Crippen LogP) is 10.3. The van der Waals surface area contributed by atoms with E-state index in [0.29, 0.717) is 32.1 Å². The maximum absolute atomic E-state index is 14.8. The summed E-state index contributed by atoms with van der Waals surface area (Å²) in [5, 5.41) is 11.6. The zero-order valence-electron chi connectivity index (χ0n) is 35.1. The molecule has 2 rings (SSSR count). The number of likely N-dealkylation sites (tertiary alicyclic amines) is 1. The topological polar surface area (TPSA) is 88.4 Å². The quantitative estimate of drug-likeness (QED) is 0.125. The number of aromatic hydroxyl groups is 1. The lowest BCUT2D eigenvalue weighted by Crippen LogP contribution is -2.60. The Bertz CT molecular complexity index is 1290. The molecule has 50 heavy (non-hydrogen) atoms. The van der Waals surface area contributed by atoms with Crippen LogP contribution in [0.3, 0.4) is 0 Å². The lowest BCUT2D eigenvalue weighted by atomic mass is 9.74. The minimum atomic E-state index is -1.18. The maximum atomic E-state index is 14.8. The summed E-state index contributed by atoms with van der Waals surface area (Å²) in [6.45, 7) is 37.4. The van der Waals surface area contributed by atoms with Crippen molar-refractivity contribution in [3.05, 3.63) is 28.8 Å². The Labute approximate surface area is 306 Å². The monoisotopic (exact) mass is 699 g/mol. The number of ether oxygens (including phenoxy) is 2. The fourth-order valence-corrected chi connectivity index (χ4v) is 7.69. The zero-order valence-corrected chi connectivity index (χ0v) is 35.1. The van der Waals surface area contributed by atoms with E-state index in [1.807, 2.05) is 26.0 Å². The molecule has 7 heteroatoms. The van der Waals surface area contributed by atoms with Gasteiger partial charge in [0.25, 0.3) is 0 Å². The summed E-state index contributed by atoms with van der Waals surface area (Å²) in [5.74, 6) is -2.51. The maximum Gasteiger partial charge on any atom is 0.321 e. The number of benzene rings is 1. The lowest BCUT2D eigenvalue weighted by molar-refractivity contribution is -0.175. The van der Waals surface area contributed by atoms with Gasteiger partial charge in [-0.05, 0) is 101 Å². The number of carbonyl (C=O) groups excluding carboxylic acids is 2. The van der Waals surface area contributed by atoms with Gasteiger partial charge in [-0.3, -0.25) is 19.5 Å². The number of hydrogen-bond acceptors (Lipinski definition) is 7. The van der Waals surface area contributed by atoms with Crippen molar-refractivity contribution in [3.8, 4) is 5.75 Å². The Morgan fingerprint density at radius 3 is 1.78 bits per heavy atom. The number of esters is 2. The standard InChI is InChI=1S/C43H74N2O5/c1-19-20-21-31(28-22-32(39(5,6)7)35(46)33(23-28)40(8,9)10)34(36(47)49-29(24-38(2,3)4)25-41(11,12)44-17)37(48)50-30-26-42(13,14)45(18)43(15,16)27-30/h22-23,29-31,34,46H,17,19-21,24-27H2,1-16,18H3. The van der Waals surface area contributed by atoms with Gasteiger partial charge in [0.05, 0.1) is 5.54 Å². The molecule has 1 saturated heterocycles. The third-order valence-electron chi connectivity index (χ3n) is 10.8. The highest BCUT2D eigenvalue weighted by Crippen LogP contribution is 2.45. The van der Waals surface area contributed by atoms with Gasteiger partial charge < -0.3 is 14.6 Å². The smallest absolute Gasteiger partial charge is 0.321 e. The third kappa shape index (κ3) is 11.5. The van der Waals surface area contributed by atoms with E-state index < -0.39 is 35.4 Å². The molecule has 0 aromatic heterocycles. The average Bonchev–Trinajstić information content (AvgIpc) is 2.91. The highest BCUT2D eigenvalue weighted by Gasteiger charge is 2.47. The first-order valence-electron chi connectivity index (χ1n) is 19.0. The number of unbranched alkanes of at least 4 members (excludes halogenated alkanes) is 1. The van der Waals surface area contributed by atoms with E-state index >= 15 is 0 Å². The minimum absolute atomic E-state index is 0.134. The molecule has 1 N–H and O–H groups in total. The van der Waals surface area contributed by atoms with Gasteiger partial charge in [0.15, 0.2) is 5.92 Å². The molecule has 3 unspecified atom stereocenters. The molecular formula is C43H74N2O5. The summed E-state index contributed by atoms with van der Waals surface area (Å²) in [6.07, 6.45) is 3.89. The van der Waals surface area contributed by atoms with Crippen LogP contribution in [0.5, 0.6) is 5.75 Å². The van der Waals surface area contributed by atoms with Gasteiger partial charge in [0, 0.05) is 36.3 Å². The number of hydrogen-bond donors (Lipinski definition) is 1. The van der Waals surface area contributed by atoms with Gasteiger partial charge >= 0.3 is 11.9 Å². The highest BCUT2D eigenvalue weighted by molar-refractivity contribution is 5.96. The summed E-state index contributed by atoms with van der Waals surface area (Å²) < 4.78 is 12.9. The summed E-state index contributed by atoms with van der Waals surface area (Å²) in [7, 11) is 2.12. The molecule has 0 amide bonds. The Hall–Kier alpha value is -2.41. The number of piperidine rings is 1. The van der Waals surface area contributed by atoms with Gasteiger partial charge in [-0.15, -0.1) is 0 Å². The fraction of sp³-hybridized carbons (Fsp3) is 0.791. The normalized spacial score (nSPS) is 19.4. The van der Waals surface area contributed by atoms with Crippen LogP contribution in [-0.2, 0) is 29.9 Å². The van der Waals surface area contributed by atoms with Crippen LogP contribution in [-0.4, -0.2) is 64.5 Å². The van der Waals surface area contributed by atoms with E-state index in [4.69, 9.17) is 9.47 Å². The van der Waals surface area contributed by atoms with E-state index in [9.17, 15) is 14.7 Å². The molecule has 1 aliphatic rings. The summed E-state index contributed by atoms with van der Waals surface area (Å²) in [4.78, 5) is 36.2. The summed E-state index contributed by atoms with van der Waals surface area (Å²) >= 11 is 0. The first-order chi connectivity index (χ1) is 22.5. The molecule has 3 atom stereocenters. The number of carbonyl (C=O) groups is 2. The van der Waals surface area contributed by atoms with Crippen LogP contribution in [0.4, 0.5) is 0 Å². The van der Waals surface area contributed by atoms with Crippen molar-refractivity contribution >= 4 is 18.7 Å². The Morgan fingerprint density at radius 2 is 1.38 bits per heavy atom. The number of phenols is 1. The molecule has 7 nitrogen and oxygen atoms in total. The second-order valence-corrected chi connectivity index (χ2v) is 20.3. The van der Waals surface area contributed by atoms with Crippen molar-refractivity contribution in [2.75, 3.05) is 7.05 Å². The molecular weight excluding hydrogens is 624 g/mol. The second-order valence-electron chi connectivity index (χ2n) is 20.3. The van der Waals surface area contributed by atoms with Crippen LogP contribution in [0, 0.1) is 11.3 Å². The van der Waals surface area contributed by atoms with Crippen molar-refractivity contribution in [2.24, 2.45) is 16.3 Å². The van der Waals surface area contributed by atoms with Crippen LogP contribution in [0.15, 0.2) is 17.1 Å². The molecule has 0 spiro atoms. The highest BCUT2D eigenvalue weighted by atomic mass is 16.6. The molecule has 1 aromatic carbocycles. The van der Waals surface area contributed by atoms with E-state index in [2.05, 4.69) is 121 Å². The predicted molar refractivity (Wildman–Crippen MR) is 208 cm³/mol. The Balaban J connectivity index is 2.83. The van der Waals surface area contributed by atoms with E-state index in [-0.39, 0.29) is 39.2 Å². The van der Waals surface area contributed by atoms with Gasteiger partial charge in [-0.2, -0.15) is 0 Å². The molecule has 0 saturated carbocycles. The number of aliphatic imine (C=N–C) groups is 1. The molecule has 1 aliphatic heterocycles. The van der Waals surface area contributed by atoms with Crippen LogP contribution >= 0.6 is 0 Å².